The lowest BCUT2D eigenvalue weighted by Gasteiger charge is -2.32. The quantitative estimate of drug-likeness (QED) is 0.822. The van der Waals surface area contributed by atoms with E-state index < -0.39 is 5.97 Å². The second-order valence-electron chi connectivity index (χ2n) is 5.23. The second-order valence-corrected chi connectivity index (χ2v) is 5.23. The number of hydrogen-bond acceptors (Lipinski definition) is 2. The predicted octanol–water partition coefficient (Wildman–Crippen LogP) is 2.52. The fourth-order valence-corrected chi connectivity index (χ4v) is 3.39. The third-order valence-electron chi connectivity index (χ3n) is 4.18. The van der Waals surface area contributed by atoms with Crippen molar-refractivity contribution in [2.75, 3.05) is 5.32 Å². The Kier molecular flexibility index (Phi) is 2.54. The molecule has 1 heterocycles. The van der Waals surface area contributed by atoms with Gasteiger partial charge in [-0.15, -0.1) is 0 Å². The lowest BCUT2D eigenvalue weighted by atomic mass is 9.86. The van der Waals surface area contributed by atoms with Crippen LogP contribution in [-0.2, 0) is 11.2 Å². The third-order valence-corrected chi connectivity index (χ3v) is 4.18. The Balaban J connectivity index is 1.82. The minimum absolute atomic E-state index is 0.297. The van der Waals surface area contributed by atoms with E-state index in [-0.39, 0.29) is 0 Å². The number of anilines is 1. The number of fused-ring (bicyclic) bond motifs is 2. The molecule has 0 bridgehead atoms. The summed E-state index contributed by atoms with van der Waals surface area (Å²) in [6.45, 7) is 0. The molecule has 3 rings (SSSR count). The van der Waals surface area contributed by atoms with Gasteiger partial charge in [-0.1, -0.05) is 18.2 Å². The van der Waals surface area contributed by atoms with Crippen LogP contribution in [0.4, 0.5) is 5.69 Å². The van der Waals surface area contributed by atoms with E-state index in [0.29, 0.717) is 24.3 Å². The molecule has 1 aliphatic heterocycles. The monoisotopic (exact) mass is 231 g/mol. The zero-order valence-electron chi connectivity index (χ0n) is 9.73. The smallest absolute Gasteiger partial charge is 0.303 e. The van der Waals surface area contributed by atoms with Crippen molar-refractivity contribution < 1.29 is 9.90 Å². The average Bonchev–Trinajstić information content (AvgIpc) is 2.68. The first-order chi connectivity index (χ1) is 8.24. The second kappa shape index (κ2) is 4.06. The maximum absolute atomic E-state index is 10.8. The van der Waals surface area contributed by atoms with Crippen molar-refractivity contribution in [1.29, 1.82) is 0 Å². The van der Waals surface area contributed by atoms with Crippen molar-refractivity contribution in [2.24, 2.45) is 11.8 Å². The number of benzene rings is 1. The normalized spacial score (nSPS) is 30.2. The summed E-state index contributed by atoms with van der Waals surface area (Å²) in [5, 5.41) is 12.5. The van der Waals surface area contributed by atoms with Crippen LogP contribution in [0.1, 0.15) is 24.8 Å². The molecule has 1 aliphatic carbocycles. The topological polar surface area (TPSA) is 49.3 Å². The number of carboxylic acids is 1. The van der Waals surface area contributed by atoms with Crippen LogP contribution in [0.2, 0.25) is 0 Å². The molecule has 17 heavy (non-hydrogen) atoms. The van der Waals surface area contributed by atoms with Crippen molar-refractivity contribution in [2.45, 2.75) is 31.7 Å². The van der Waals surface area contributed by atoms with Crippen molar-refractivity contribution >= 4 is 11.7 Å². The molecule has 1 fully saturated rings. The minimum atomic E-state index is -0.670. The summed E-state index contributed by atoms with van der Waals surface area (Å²) in [5.74, 6) is 0.247. The fourth-order valence-electron chi connectivity index (χ4n) is 3.39. The van der Waals surface area contributed by atoms with Crippen molar-refractivity contribution in [3.63, 3.8) is 0 Å². The zero-order chi connectivity index (χ0) is 11.8. The molecule has 0 saturated heterocycles. The number of carboxylic acid groups (broad SMARTS) is 1. The Labute approximate surface area is 101 Å². The highest BCUT2D eigenvalue weighted by Gasteiger charge is 2.39. The number of nitrogens with one attached hydrogen (secondary N) is 1. The fraction of sp³-hybridized carbons (Fsp3) is 0.500. The van der Waals surface area contributed by atoms with Gasteiger partial charge in [0.25, 0.3) is 0 Å². The lowest BCUT2D eigenvalue weighted by molar-refractivity contribution is -0.138. The standard InChI is InChI=1S/C14H17NO2/c16-13(17)8-11-6-5-10-7-9-3-1-2-4-12(9)15-14(10)11/h1-4,10-11,14-15H,5-8H2,(H,16,17). The Morgan fingerprint density at radius 1 is 1.35 bits per heavy atom. The SMILES string of the molecule is O=C(O)CC1CCC2Cc3ccccc3NC12. The first kappa shape index (κ1) is 10.6. The molecule has 3 heteroatoms. The average molecular weight is 231 g/mol. The van der Waals surface area contributed by atoms with Crippen LogP contribution in [0.5, 0.6) is 0 Å². The van der Waals surface area contributed by atoms with Crippen LogP contribution in [-0.4, -0.2) is 17.1 Å². The van der Waals surface area contributed by atoms with Gasteiger partial charge in [-0.3, -0.25) is 4.79 Å². The number of hydrogen-bond donors (Lipinski definition) is 2. The highest BCUT2D eigenvalue weighted by Crippen LogP contribution is 2.41. The third kappa shape index (κ3) is 1.90. The summed E-state index contributed by atoms with van der Waals surface area (Å²) in [6.07, 6.45) is 3.60. The van der Waals surface area contributed by atoms with Crippen molar-refractivity contribution in [3.05, 3.63) is 29.8 Å². The molecule has 0 radical (unpaired) electrons. The molecular weight excluding hydrogens is 214 g/mol. The maximum atomic E-state index is 10.8. The molecule has 1 aromatic carbocycles. The van der Waals surface area contributed by atoms with E-state index in [1.165, 1.54) is 11.3 Å². The summed E-state index contributed by atoms with van der Waals surface area (Å²) >= 11 is 0. The Morgan fingerprint density at radius 2 is 2.18 bits per heavy atom. The van der Waals surface area contributed by atoms with Gasteiger partial charge >= 0.3 is 5.97 Å². The molecule has 0 aromatic heterocycles. The summed E-state index contributed by atoms with van der Waals surface area (Å²) in [5.41, 5.74) is 2.58. The van der Waals surface area contributed by atoms with Gasteiger partial charge in [0.2, 0.25) is 0 Å². The van der Waals surface area contributed by atoms with E-state index in [1.54, 1.807) is 0 Å². The van der Waals surface area contributed by atoms with Gasteiger partial charge in [0.15, 0.2) is 0 Å². The largest absolute Gasteiger partial charge is 0.481 e. The Hall–Kier alpha value is -1.51. The molecule has 0 amide bonds. The van der Waals surface area contributed by atoms with Crippen LogP contribution >= 0.6 is 0 Å². The zero-order valence-corrected chi connectivity index (χ0v) is 9.73. The van der Waals surface area contributed by atoms with E-state index in [4.69, 9.17) is 5.11 Å². The van der Waals surface area contributed by atoms with E-state index >= 15 is 0 Å². The number of rotatable bonds is 2. The predicted molar refractivity (Wildman–Crippen MR) is 66.0 cm³/mol. The summed E-state index contributed by atoms with van der Waals surface area (Å²) in [6, 6.07) is 8.74. The van der Waals surface area contributed by atoms with Gasteiger partial charge in [-0.2, -0.15) is 0 Å². The number of carbonyl (C=O) groups is 1. The highest BCUT2D eigenvalue weighted by atomic mass is 16.4. The van der Waals surface area contributed by atoms with Crippen LogP contribution in [0.15, 0.2) is 24.3 Å². The van der Waals surface area contributed by atoms with Gasteiger partial charge in [-0.25, -0.2) is 0 Å². The molecule has 2 aliphatic rings. The molecule has 3 unspecified atom stereocenters. The lowest BCUT2D eigenvalue weighted by Crippen LogP contribution is -2.36. The summed E-state index contributed by atoms with van der Waals surface area (Å²) in [7, 11) is 0. The van der Waals surface area contributed by atoms with Gasteiger partial charge in [0.05, 0.1) is 6.42 Å². The van der Waals surface area contributed by atoms with Crippen molar-refractivity contribution in [3.8, 4) is 0 Å². The van der Waals surface area contributed by atoms with Crippen LogP contribution < -0.4 is 5.32 Å². The molecule has 1 saturated carbocycles. The highest BCUT2D eigenvalue weighted by molar-refractivity contribution is 5.67. The molecular formula is C14H17NO2. The minimum Gasteiger partial charge on any atom is -0.481 e. The Bertz CT molecular complexity index is 444. The van der Waals surface area contributed by atoms with Crippen LogP contribution in [0.25, 0.3) is 0 Å². The van der Waals surface area contributed by atoms with E-state index in [0.717, 1.165) is 19.3 Å². The van der Waals surface area contributed by atoms with Gasteiger partial charge in [0.1, 0.15) is 0 Å². The first-order valence-electron chi connectivity index (χ1n) is 6.30. The molecule has 90 valence electrons. The number of aliphatic carboxylic acids is 1. The van der Waals surface area contributed by atoms with E-state index in [1.807, 2.05) is 6.07 Å². The van der Waals surface area contributed by atoms with Gasteiger partial charge in [0, 0.05) is 11.7 Å². The van der Waals surface area contributed by atoms with Crippen molar-refractivity contribution in [1.82, 2.24) is 0 Å². The molecule has 1 aromatic rings. The van der Waals surface area contributed by atoms with Crippen LogP contribution in [0, 0.1) is 11.8 Å². The summed E-state index contributed by atoms with van der Waals surface area (Å²) < 4.78 is 0. The number of para-hydroxylation sites is 1. The molecule has 3 nitrogen and oxygen atoms in total. The molecule has 2 N–H and O–H groups in total. The van der Waals surface area contributed by atoms with E-state index in [9.17, 15) is 4.79 Å². The van der Waals surface area contributed by atoms with Gasteiger partial charge < -0.3 is 10.4 Å². The maximum Gasteiger partial charge on any atom is 0.303 e. The summed E-state index contributed by atoms with van der Waals surface area (Å²) in [4.78, 5) is 10.8. The molecule has 0 spiro atoms. The van der Waals surface area contributed by atoms with Crippen LogP contribution in [0.3, 0.4) is 0 Å². The first-order valence-corrected chi connectivity index (χ1v) is 6.30. The Morgan fingerprint density at radius 3 is 3.00 bits per heavy atom. The molecule has 3 atom stereocenters. The van der Waals surface area contributed by atoms with E-state index in [2.05, 4.69) is 23.5 Å². The van der Waals surface area contributed by atoms with Gasteiger partial charge in [-0.05, 0) is 42.7 Å².